The second-order valence-corrected chi connectivity index (χ2v) is 4.34. The fourth-order valence-corrected chi connectivity index (χ4v) is 1.33. The molecular formula is C10H21N3O. The summed E-state index contributed by atoms with van der Waals surface area (Å²) in [4.78, 5) is 11.5. The normalized spacial score (nSPS) is 20.8. The predicted octanol–water partition coefficient (Wildman–Crippen LogP) is 0.966. The summed E-state index contributed by atoms with van der Waals surface area (Å²) in [5.74, 6) is 0. The minimum Gasteiger partial charge on any atom is -0.335 e. The number of nitrogens with two attached hydrogens (primary N) is 1. The van der Waals surface area contributed by atoms with Gasteiger partial charge in [0, 0.05) is 12.6 Å². The van der Waals surface area contributed by atoms with Gasteiger partial charge in [-0.25, -0.2) is 4.79 Å². The number of carbonyl (C=O) groups excluding carboxylic acids is 1. The maximum absolute atomic E-state index is 11.5. The fourth-order valence-electron chi connectivity index (χ4n) is 1.33. The number of hydrogen-bond acceptors (Lipinski definition) is 2. The van der Waals surface area contributed by atoms with Crippen molar-refractivity contribution < 1.29 is 4.79 Å². The van der Waals surface area contributed by atoms with Crippen molar-refractivity contribution in [2.24, 2.45) is 5.73 Å². The van der Waals surface area contributed by atoms with Crippen LogP contribution in [0.4, 0.5) is 4.79 Å². The lowest BCUT2D eigenvalue weighted by Crippen LogP contribution is -2.56. The van der Waals surface area contributed by atoms with E-state index in [9.17, 15) is 4.79 Å². The number of amides is 2. The number of nitrogens with one attached hydrogen (secondary N) is 2. The van der Waals surface area contributed by atoms with Crippen molar-refractivity contribution in [2.45, 2.75) is 51.1 Å². The highest BCUT2D eigenvalue weighted by molar-refractivity contribution is 5.75. The molecule has 14 heavy (non-hydrogen) atoms. The Labute approximate surface area is 85.6 Å². The molecule has 1 saturated carbocycles. The Bertz CT molecular complexity index is 198. The van der Waals surface area contributed by atoms with Crippen molar-refractivity contribution in [1.29, 1.82) is 0 Å². The summed E-state index contributed by atoms with van der Waals surface area (Å²) in [6.07, 6.45) is 4.30. The molecular weight excluding hydrogens is 178 g/mol. The number of urea groups is 1. The summed E-state index contributed by atoms with van der Waals surface area (Å²) in [6, 6.07) is 0.304. The molecule has 0 aromatic rings. The number of hydrogen-bond donors (Lipinski definition) is 3. The van der Waals surface area contributed by atoms with Crippen LogP contribution in [-0.2, 0) is 0 Å². The third-order valence-electron chi connectivity index (χ3n) is 3.09. The Balaban J connectivity index is 2.30. The van der Waals surface area contributed by atoms with E-state index < -0.39 is 0 Å². The fraction of sp³-hybridized carbons (Fsp3) is 0.900. The summed E-state index contributed by atoms with van der Waals surface area (Å²) >= 11 is 0. The van der Waals surface area contributed by atoms with E-state index in [0.29, 0.717) is 12.6 Å². The van der Waals surface area contributed by atoms with Gasteiger partial charge in [0.15, 0.2) is 0 Å². The Morgan fingerprint density at radius 3 is 2.57 bits per heavy atom. The molecule has 1 aliphatic carbocycles. The highest BCUT2D eigenvalue weighted by Gasteiger charge is 2.25. The SMILES string of the molecule is CCC(C)(CN)NC(=O)NC1CCC1. The summed E-state index contributed by atoms with van der Waals surface area (Å²) in [5, 5.41) is 5.85. The molecule has 0 aromatic carbocycles. The monoisotopic (exact) mass is 199 g/mol. The molecule has 1 rings (SSSR count). The molecule has 4 nitrogen and oxygen atoms in total. The van der Waals surface area contributed by atoms with Crippen LogP contribution in [0.25, 0.3) is 0 Å². The van der Waals surface area contributed by atoms with Gasteiger partial charge >= 0.3 is 6.03 Å². The van der Waals surface area contributed by atoms with Crippen LogP contribution >= 0.6 is 0 Å². The van der Waals surface area contributed by atoms with Crippen molar-refractivity contribution in [3.8, 4) is 0 Å². The van der Waals surface area contributed by atoms with Crippen LogP contribution in [0.1, 0.15) is 39.5 Å². The van der Waals surface area contributed by atoms with Crippen LogP contribution in [0, 0.1) is 0 Å². The highest BCUT2D eigenvalue weighted by Crippen LogP contribution is 2.18. The summed E-state index contributed by atoms with van der Waals surface area (Å²) < 4.78 is 0. The molecule has 4 heteroatoms. The third kappa shape index (κ3) is 2.87. The Hall–Kier alpha value is -0.770. The molecule has 1 atom stereocenters. The van der Waals surface area contributed by atoms with Gasteiger partial charge in [-0.05, 0) is 32.6 Å². The van der Waals surface area contributed by atoms with Gasteiger partial charge in [-0.1, -0.05) is 6.92 Å². The van der Waals surface area contributed by atoms with Crippen molar-refractivity contribution in [2.75, 3.05) is 6.54 Å². The first kappa shape index (κ1) is 11.3. The lowest BCUT2D eigenvalue weighted by atomic mass is 9.93. The predicted molar refractivity (Wildman–Crippen MR) is 57.1 cm³/mol. The molecule has 0 aromatic heterocycles. The van der Waals surface area contributed by atoms with Crippen molar-refractivity contribution >= 4 is 6.03 Å². The zero-order valence-corrected chi connectivity index (χ0v) is 9.10. The van der Waals surface area contributed by atoms with Gasteiger partial charge in [-0.3, -0.25) is 0 Å². The Morgan fingerprint density at radius 1 is 1.57 bits per heavy atom. The first-order chi connectivity index (χ1) is 6.59. The largest absolute Gasteiger partial charge is 0.335 e. The van der Waals surface area contributed by atoms with Gasteiger partial charge in [0.1, 0.15) is 0 Å². The highest BCUT2D eigenvalue weighted by atomic mass is 16.2. The van der Waals surface area contributed by atoms with Crippen LogP contribution in [-0.4, -0.2) is 24.2 Å². The third-order valence-corrected chi connectivity index (χ3v) is 3.09. The number of rotatable bonds is 4. The topological polar surface area (TPSA) is 67.1 Å². The van der Waals surface area contributed by atoms with E-state index in [4.69, 9.17) is 5.73 Å². The van der Waals surface area contributed by atoms with Crippen LogP contribution < -0.4 is 16.4 Å². The van der Waals surface area contributed by atoms with Gasteiger partial charge in [0.05, 0.1) is 5.54 Å². The van der Waals surface area contributed by atoms with Gasteiger partial charge in [0.25, 0.3) is 0 Å². The van der Waals surface area contributed by atoms with Crippen LogP contribution in [0.2, 0.25) is 0 Å². The van der Waals surface area contributed by atoms with E-state index in [1.165, 1.54) is 6.42 Å². The molecule has 0 heterocycles. The average molecular weight is 199 g/mol. The Morgan fingerprint density at radius 2 is 2.21 bits per heavy atom. The Kier molecular flexibility index (Phi) is 3.75. The molecule has 82 valence electrons. The minimum absolute atomic E-state index is 0.0792. The van der Waals surface area contributed by atoms with Crippen LogP contribution in [0.5, 0.6) is 0 Å². The second-order valence-electron chi connectivity index (χ2n) is 4.34. The van der Waals surface area contributed by atoms with Crippen LogP contribution in [0.3, 0.4) is 0 Å². The van der Waals surface area contributed by atoms with E-state index in [-0.39, 0.29) is 11.6 Å². The molecule has 0 spiro atoms. The molecule has 1 unspecified atom stereocenters. The average Bonchev–Trinajstić information content (AvgIpc) is 2.11. The molecule has 0 aliphatic heterocycles. The summed E-state index contributed by atoms with van der Waals surface area (Å²) in [6.45, 7) is 4.46. The van der Waals surface area contributed by atoms with Gasteiger partial charge in [-0.15, -0.1) is 0 Å². The van der Waals surface area contributed by atoms with Crippen molar-refractivity contribution in [3.63, 3.8) is 0 Å². The molecule has 0 saturated heterocycles. The van der Waals surface area contributed by atoms with Crippen LogP contribution in [0.15, 0.2) is 0 Å². The smallest absolute Gasteiger partial charge is 0.315 e. The molecule has 1 fully saturated rings. The van der Waals surface area contributed by atoms with Gasteiger partial charge < -0.3 is 16.4 Å². The quantitative estimate of drug-likeness (QED) is 0.631. The van der Waals surface area contributed by atoms with Crippen molar-refractivity contribution in [3.05, 3.63) is 0 Å². The molecule has 0 bridgehead atoms. The second kappa shape index (κ2) is 4.64. The standard InChI is InChI=1S/C10H21N3O/c1-3-10(2,7-11)13-9(14)12-8-5-4-6-8/h8H,3-7,11H2,1-2H3,(H2,12,13,14). The van der Waals surface area contributed by atoms with E-state index in [0.717, 1.165) is 19.3 Å². The first-order valence-corrected chi connectivity index (χ1v) is 5.38. The van der Waals surface area contributed by atoms with Gasteiger partial charge in [0.2, 0.25) is 0 Å². The minimum atomic E-state index is -0.270. The van der Waals surface area contributed by atoms with E-state index in [1.54, 1.807) is 0 Å². The van der Waals surface area contributed by atoms with E-state index in [1.807, 2.05) is 13.8 Å². The van der Waals surface area contributed by atoms with Gasteiger partial charge in [-0.2, -0.15) is 0 Å². The van der Waals surface area contributed by atoms with E-state index >= 15 is 0 Å². The maximum atomic E-state index is 11.5. The lowest BCUT2D eigenvalue weighted by Gasteiger charge is -2.31. The molecule has 1 aliphatic rings. The number of carbonyl (C=O) groups is 1. The zero-order valence-electron chi connectivity index (χ0n) is 9.10. The zero-order chi connectivity index (χ0) is 10.6. The van der Waals surface area contributed by atoms with E-state index in [2.05, 4.69) is 10.6 Å². The summed E-state index contributed by atoms with van der Waals surface area (Å²) in [5.41, 5.74) is 5.33. The molecule has 0 radical (unpaired) electrons. The molecule has 4 N–H and O–H groups in total. The van der Waals surface area contributed by atoms with Crippen molar-refractivity contribution in [1.82, 2.24) is 10.6 Å². The molecule has 2 amide bonds. The maximum Gasteiger partial charge on any atom is 0.315 e. The summed E-state index contributed by atoms with van der Waals surface area (Å²) in [7, 11) is 0. The lowest BCUT2D eigenvalue weighted by molar-refractivity contribution is 0.215. The first-order valence-electron chi connectivity index (χ1n) is 5.38.